The van der Waals surface area contributed by atoms with Crippen LogP contribution < -0.4 is 10.9 Å². The van der Waals surface area contributed by atoms with Gasteiger partial charge >= 0.3 is 5.97 Å². The number of methoxy groups -OCH3 is 1. The number of rotatable bonds is 10. The van der Waals surface area contributed by atoms with Crippen molar-refractivity contribution in [2.75, 3.05) is 13.7 Å². The summed E-state index contributed by atoms with van der Waals surface area (Å²) < 4.78 is 9.17. The molecule has 1 unspecified atom stereocenters. The standard InChI is InChI=1S/C24H32N4O5/c1-6-18(13-33-5)28-20-8-7-16(11-25-21(15(3)29)24(31)32)10-19(20)26-22(28)17-9-14(2)23(30)27(4)12-17/h7-10,12,15,18,21,25,29H,6,11,13H2,1-5H3,(H,31,32)/t15-,18?,21+/m1/s1. The van der Waals surface area contributed by atoms with Gasteiger partial charge in [-0.25, -0.2) is 4.98 Å². The largest absolute Gasteiger partial charge is 0.480 e. The minimum Gasteiger partial charge on any atom is -0.480 e. The number of fused-ring (bicyclic) bond motifs is 1. The van der Waals surface area contributed by atoms with Gasteiger partial charge in [-0.3, -0.25) is 14.9 Å². The van der Waals surface area contributed by atoms with Crippen LogP contribution in [0.2, 0.25) is 0 Å². The third-order valence-corrected chi connectivity index (χ3v) is 5.84. The molecule has 0 radical (unpaired) electrons. The van der Waals surface area contributed by atoms with Crippen LogP contribution in [0.3, 0.4) is 0 Å². The maximum absolute atomic E-state index is 12.2. The quantitative estimate of drug-likeness (QED) is 0.428. The zero-order valence-electron chi connectivity index (χ0n) is 19.7. The van der Waals surface area contributed by atoms with Gasteiger partial charge in [-0.1, -0.05) is 13.0 Å². The second kappa shape index (κ2) is 10.3. The van der Waals surface area contributed by atoms with Crippen LogP contribution in [0.25, 0.3) is 22.4 Å². The van der Waals surface area contributed by atoms with Crippen LogP contribution in [0.15, 0.2) is 35.3 Å². The van der Waals surface area contributed by atoms with Crippen molar-refractivity contribution in [3.63, 3.8) is 0 Å². The van der Waals surface area contributed by atoms with E-state index in [2.05, 4.69) is 16.8 Å². The van der Waals surface area contributed by atoms with Gasteiger partial charge in [0, 0.05) is 38.0 Å². The molecule has 0 aliphatic rings. The summed E-state index contributed by atoms with van der Waals surface area (Å²) in [6, 6.07) is 6.63. The number of aryl methyl sites for hydroxylation is 2. The Kier molecular flexibility index (Phi) is 7.68. The van der Waals surface area contributed by atoms with Gasteiger partial charge in [0.2, 0.25) is 0 Å². The van der Waals surface area contributed by atoms with Gasteiger partial charge in [0.25, 0.3) is 5.56 Å². The predicted molar refractivity (Wildman–Crippen MR) is 126 cm³/mol. The number of aliphatic hydroxyl groups excluding tert-OH is 1. The average Bonchev–Trinajstić information content (AvgIpc) is 3.13. The van der Waals surface area contributed by atoms with Gasteiger partial charge in [-0.2, -0.15) is 0 Å². The number of ether oxygens (including phenoxy) is 1. The Balaban J connectivity index is 2.10. The van der Waals surface area contributed by atoms with E-state index < -0.39 is 18.1 Å². The van der Waals surface area contributed by atoms with Gasteiger partial charge in [0.15, 0.2) is 0 Å². The lowest BCUT2D eigenvalue weighted by atomic mass is 10.1. The number of aliphatic hydroxyl groups is 1. The molecule has 0 spiro atoms. The molecule has 1 aromatic carbocycles. The molecule has 2 aromatic heterocycles. The van der Waals surface area contributed by atoms with Crippen LogP contribution in [0.1, 0.15) is 37.4 Å². The molecule has 9 heteroatoms. The highest BCUT2D eigenvalue weighted by Gasteiger charge is 2.23. The van der Waals surface area contributed by atoms with Crippen molar-refractivity contribution in [1.29, 1.82) is 0 Å². The van der Waals surface area contributed by atoms with E-state index in [1.165, 1.54) is 6.92 Å². The molecular weight excluding hydrogens is 424 g/mol. The van der Waals surface area contributed by atoms with Gasteiger partial charge in [-0.05, 0) is 44.0 Å². The number of benzene rings is 1. The third kappa shape index (κ3) is 5.16. The highest BCUT2D eigenvalue weighted by Crippen LogP contribution is 2.30. The molecule has 0 aliphatic carbocycles. The molecule has 0 saturated heterocycles. The van der Waals surface area contributed by atoms with Crippen molar-refractivity contribution in [3.05, 3.63) is 51.9 Å². The number of hydrogen-bond donors (Lipinski definition) is 3. The lowest BCUT2D eigenvalue weighted by Crippen LogP contribution is -2.44. The Morgan fingerprint density at radius 3 is 2.61 bits per heavy atom. The predicted octanol–water partition coefficient (Wildman–Crippen LogP) is 2.23. The molecule has 178 valence electrons. The molecule has 33 heavy (non-hydrogen) atoms. The van der Waals surface area contributed by atoms with E-state index in [0.29, 0.717) is 12.2 Å². The SMILES string of the molecule is CCC(COC)n1c(-c2cc(C)c(=O)n(C)c2)nc2cc(CN[C@H](C(=O)O)[C@@H](C)O)ccc21. The van der Waals surface area contributed by atoms with Gasteiger partial charge < -0.3 is 24.1 Å². The summed E-state index contributed by atoms with van der Waals surface area (Å²) in [5.74, 6) is -0.363. The van der Waals surface area contributed by atoms with Crippen molar-refractivity contribution in [3.8, 4) is 11.4 Å². The second-order valence-electron chi connectivity index (χ2n) is 8.41. The van der Waals surface area contributed by atoms with Crippen molar-refractivity contribution >= 4 is 17.0 Å². The number of carboxylic acid groups (broad SMARTS) is 1. The Bertz CT molecular complexity index is 1170. The summed E-state index contributed by atoms with van der Waals surface area (Å²) in [4.78, 5) is 28.5. The Labute approximate surface area is 192 Å². The fourth-order valence-corrected chi connectivity index (χ4v) is 4.09. The highest BCUT2D eigenvalue weighted by molar-refractivity contribution is 5.81. The number of hydrogen-bond acceptors (Lipinski definition) is 6. The van der Waals surface area contributed by atoms with E-state index >= 15 is 0 Å². The van der Waals surface area contributed by atoms with Crippen molar-refractivity contribution in [2.24, 2.45) is 7.05 Å². The molecule has 3 aromatic rings. The number of pyridine rings is 1. The molecule has 0 saturated carbocycles. The molecule has 0 fully saturated rings. The molecule has 3 N–H and O–H groups in total. The summed E-state index contributed by atoms with van der Waals surface area (Å²) in [5.41, 5.74) is 3.95. The summed E-state index contributed by atoms with van der Waals surface area (Å²) in [6.07, 6.45) is 1.59. The van der Waals surface area contributed by atoms with Crippen LogP contribution >= 0.6 is 0 Å². The Morgan fingerprint density at radius 1 is 1.30 bits per heavy atom. The lowest BCUT2D eigenvalue weighted by molar-refractivity contribution is -0.142. The van der Waals surface area contributed by atoms with E-state index in [4.69, 9.17) is 9.72 Å². The Hall–Kier alpha value is -3.01. The van der Waals surface area contributed by atoms with Crippen LogP contribution in [-0.2, 0) is 23.1 Å². The maximum Gasteiger partial charge on any atom is 0.323 e. The molecule has 0 aliphatic heterocycles. The number of imidazole rings is 1. The van der Waals surface area contributed by atoms with E-state index in [0.717, 1.165) is 34.4 Å². The minimum absolute atomic E-state index is 0.0446. The number of carbonyl (C=O) groups is 1. The summed E-state index contributed by atoms with van der Waals surface area (Å²) in [7, 11) is 3.39. The van der Waals surface area contributed by atoms with Crippen LogP contribution in [0, 0.1) is 6.92 Å². The molecule has 9 nitrogen and oxygen atoms in total. The summed E-state index contributed by atoms with van der Waals surface area (Å²) >= 11 is 0. The van der Waals surface area contributed by atoms with Gasteiger partial charge in [0.1, 0.15) is 11.9 Å². The lowest BCUT2D eigenvalue weighted by Gasteiger charge is -2.20. The number of aromatic nitrogens is 3. The van der Waals surface area contributed by atoms with E-state index in [9.17, 15) is 19.8 Å². The zero-order valence-corrected chi connectivity index (χ0v) is 19.7. The summed E-state index contributed by atoms with van der Waals surface area (Å²) in [5, 5.41) is 21.9. The summed E-state index contributed by atoms with van der Waals surface area (Å²) in [6.45, 7) is 6.10. The third-order valence-electron chi connectivity index (χ3n) is 5.84. The van der Waals surface area contributed by atoms with Gasteiger partial charge in [-0.15, -0.1) is 0 Å². The minimum atomic E-state index is -1.10. The molecule has 0 bridgehead atoms. The molecule has 0 amide bonds. The van der Waals surface area contributed by atoms with Crippen LogP contribution in [-0.4, -0.2) is 56.2 Å². The second-order valence-corrected chi connectivity index (χ2v) is 8.41. The average molecular weight is 457 g/mol. The molecule has 2 heterocycles. The molecule has 3 rings (SSSR count). The number of nitrogens with zero attached hydrogens (tertiary/aromatic N) is 3. The van der Waals surface area contributed by atoms with Crippen LogP contribution in [0.5, 0.6) is 0 Å². The van der Waals surface area contributed by atoms with E-state index in [1.54, 1.807) is 31.8 Å². The highest BCUT2D eigenvalue weighted by atomic mass is 16.5. The molecule has 3 atom stereocenters. The zero-order chi connectivity index (χ0) is 24.3. The smallest absolute Gasteiger partial charge is 0.323 e. The fraction of sp³-hybridized carbons (Fsp3) is 0.458. The fourth-order valence-electron chi connectivity index (χ4n) is 4.09. The normalized spacial score (nSPS) is 14.4. The van der Waals surface area contributed by atoms with Gasteiger partial charge in [0.05, 0.1) is 29.8 Å². The van der Waals surface area contributed by atoms with Crippen molar-refractivity contribution < 1.29 is 19.7 Å². The topological polar surface area (TPSA) is 119 Å². The maximum atomic E-state index is 12.2. The number of aliphatic carboxylic acids is 1. The van der Waals surface area contributed by atoms with Crippen LogP contribution in [0.4, 0.5) is 0 Å². The first-order valence-electron chi connectivity index (χ1n) is 11.0. The first kappa shape index (κ1) is 24.6. The van der Waals surface area contributed by atoms with E-state index in [-0.39, 0.29) is 18.1 Å². The first-order chi connectivity index (χ1) is 15.7. The van der Waals surface area contributed by atoms with Crippen molar-refractivity contribution in [1.82, 2.24) is 19.4 Å². The monoisotopic (exact) mass is 456 g/mol. The number of carboxylic acids is 1. The first-order valence-corrected chi connectivity index (χ1v) is 11.0. The van der Waals surface area contributed by atoms with Crippen molar-refractivity contribution in [2.45, 2.75) is 51.9 Å². The number of nitrogens with one attached hydrogen (secondary N) is 1. The molecular formula is C24H32N4O5. The Morgan fingerprint density at radius 2 is 2.03 bits per heavy atom. The van der Waals surface area contributed by atoms with E-state index in [1.807, 2.05) is 24.3 Å².